The van der Waals surface area contributed by atoms with E-state index in [1.54, 1.807) is 24.4 Å². The molecule has 0 atom stereocenters. The van der Waals surface area contributed by atoms with Crippen LogP contribution in [0.4, 0.5) is 14.5 Å². The van der Waals surface area contributed by atoms with Gasteiger partial charge in [0.05, 0.1) is 11.2 Å². The number of rotatable bonds is 7. The SMILES string of the molecule is CCCCCNC(=O)c1nc(C(=O)Nc2ccc(F)cc2F)c2ccccn12. The van der Waals surface area contributed by atoms with Gasteiger partial charge >= 0.3 is 0 Å². The van der Waals surface area contributed by atoms with Crippen LogP contribution in [0.3, 0.4) is 0 Å². The van der Waals surface area contributed by atoms with Gasteiger partial charge in [0.2, 0.25) is 5.82 Å². The molecule has 8 heteroatoms. The number of hydrogen-bond donors (Lipinski definition) is 2. The predicted octanol–water partition coefficient (Wildman–Crippen LogP) is 3.78. The minimum Gasteiger partial charge on any atom is -0.349 e. The van der Waals surface area contributed by atoms with E-state index in [0.29, 0.717) is 18.1 Å². The third-order valence-electron chi connectivity index (χ3n) is 4.21. The summed E-state index contributed by atoms with van der Waals surface area (Å²) in [5.74, 6) is -2.67. The number of amides is 2. The molecule has 0 aliphatic carbocycles. The highest BCUT2D eigenvalue weighted by Gasteiger charge is 2.22. The van der Waals surface area contributed by atoms with Crippen molar-refractivity contribution in [2.45, 2.75) is 26.2 Å². The monoisotopic (exact) mass is 386 g/mol. The maximum atomic E-state index is 13.8. The molecule has 1 aromatic carbocycles. The Balaban J connectivity index is 1.87. The second kappa shape index (κ2) is 8.60. The van der Waals surface area contributed by atoms with Crippen molar-refractivity contribution in [3.05, 3.63) is 65.7 Å². The molecule has 0 aliphatic rings. The van der Waals surface area contributed by atoms with Gasteiger partial charge in [0, 0.05) is 18.8 Å². The third-order valence-corrected chi connectivity index (χ3v) is 4.21. The second-order valence-electron chi connectivity index (χ2n) is 6.28. The number of aromatic nitrogens is 2. The number of halogens is 2. The Bertz CT molecular complexity index is 1020. The van der Waals surface area contributed by atoms with Gasteiger partial charge in [-0.05, 0) is 30.7 Å². The fraction of sp³-hybridized carbons (Fsp3) is 0.250. The lowest BCUT2D eigenvalue weighted by molar-refractivity contribution is 0.0942. The Morgan fingerprint density at radius 2 is 1.93 bits per heavy atom. The van der Waals surface area contributed by atoms with Gasteiger partial charge in [0.1, 0.15) is 11.6 Å². The molecule has 0 saturated heterocycles. The summed E-state index contributed by atoms with van der Waals surface area (Å²) in [6.45, 7) is 2.58. The molecule has 2 aromatic heterocycles. The van der Waals surface area contributed by atoms with Crippen LogP contribution in [0.25, 0.3) is 5.52 Å². The van der Waals surface area contributed by atoms with Crippen molar-refractivity contribution < 1.29 is 18.4 Å². The summed E-state index contributed by atoms with van der Waals surface area (Å²) < 4.78 is 28.4. The molecule has 0 saturated carbocycles. The second-order valence-corrected chi connectivity index (χ2v) is 6.28. The molecular formula is C20H20F2N4O2. The number of imidazole rings is 1. The largest absolute Gasteiger partial charge is 0.349 e. The summed E-state index contributed by atoms with van der Waals surface area (Å²) in [5.41, 5.74) is 0.207. The summed E-state index contributed by atoms with van der Waals surface area (Å²) in [7, 11) is 0. The molecule has 3 rings (SSSR count). The van der Waals surface area contributed by atoms with Crippen LogP contribution < -0.4 is 10.6 Å². The van der Waals surface area contributed by atoms with E-state index in [2.05, 4.69) is 22.5 Å². The highest BCUT2D eigenvalue weighted by Crippen LogP contribution is 2.19. The van der Waals surface area contributed by atoms with Crippen LogP contribution in [0.1, 0.15) is 47.3 Å². The van der Waals surface area contributed by atoms with E-state index in [9.17, 15) is 18.4 Å². The van der Waals surface area contributed by atoms with Gasteiger partial charge in [-0.3, -0.25) is 14.0 Å². The van der Waals surface area contributed by atoms with Crippen LogP contribution >= 0.6 is 0 Å². The molecule has 2 heterocycles. The zero-order chi connectivity index (χ0) is 20.1. The third kappa shape index (κ3) is 4.16. The molecule has 0 fully saturated rings. The molecule has 3 aromatic rings. The number of benzene rings is 1. The van der Waals surface area contributed by atoms with Crippen molar-refractivity contribution in [2.75, 3.05) is 11.9 Å². The fourth-order valence-electron chi connectivity index (χ4n) is 2.79. The Labute approximate surface area is 160 Å². The first-order valence-electron chi connectivity index (χ1n) is 9.03. The number of pyridine rings is 1. The van der Waals surface area contributed by atoms with Crippen molar-refractivity contribution in [1.82, 2.24) is 14.7 Å². The quantitative estimate of drug-likeness (QED) is 0.607. The number of unbranched alkanes of at least 4 members (excludes halogenated alkanes) is 2. The Morgan fingerprint density at radius 1 is 1.11 bits per heavy atom. The Morgan fingerprint density at radius 3 is 2.68 bits per heavy atom. The van der Waals surface area contributed by atoms with Gasteiger partial charge in [-0.2, -0.15) is 0 Å². The summed E-state index contributed by atoms with van der Waals surface area (Å²) in [4.78, 5) is 29.3. The standard InChI is InChI=1S/C20H20F2N4O2/c1-2-3-5-10-23-20(28)18-25-17(16-7-4-6-11-26(16)18)19(27)24-15-9-8-13(21)12-14(15)22/h4,6-9,11-12H,2-3,5,10H2,1H3,(H,23,28)(H,24,27). The van der Waals surface area contributed by atoms with Crippen LogP contribution in [0.15, 0.2) is 42.6 Å². The van der Waals surface area contributed by atoms with Crippen molar-refractivity contribution in [2.24, 2.45) is 0 Å². The van der Waals surface area contributed by atoms with E-state index < -0.39 is 23.4 Å². The highest BCUT2D eigenvalue weighted by molar-refractivity contribution is 6.09. The van der Waals surface area contributed by atoms with E-state index in [1.165, 1.54) is 4.40 Å². The van der Waals surface area contributed by atoms with E-state index >= 15 is 0 Å². The van der Waals surface area contributed by atoms with E-state index in [1.807, 2.05) is 0 Å². The van der Waals surface area contributed by atoms with E-state index in [4.69, 9.17) is 0 Å². The number of carbonyl (C=O) groups is 2. The maximum absolute atomic E-state index is 13.8. The molecule has 0 unspecified atom stereocenters. The molecule has 2 N–H and O–H groups in total. The van der Waals surface area contributed by atoms with Crippen molar-refractivity contribution in [3.8, 4) is 0 Å². The summed E-state index contributed by atoms with van der Waals surface area (Å²) >= 11 is 0. The fourth-order valence-corrected chi connectivity index (χ4v) is 2.79. The number of fused-ring (bicyclic) bond motifs is 1. The van der Waals surface area contributed by atoms with E-state index in [-0.39, 0.29) is 17.2 Å². The highest BCUT2D eigenvalue weighted by atomic mass is 19.1. The Kier molecular flexibility index (Phi) is 5.98. The van der Waals surface area contributed by atoms with Crippen LogP contribution in [-0.4, -0.2) is 27.7 Å². The topological polar surface area (TPSA) is 75.5 Å². The molecule has 6 nitrogen and oxygen atoms in total. The zero-order valence-electron chi connectivity index (χ0n) is 15.3. The van der Waals surface area contributed by atoms with Crippen molar-refractivity contribution in [3.63, 3.8) is 0 Å². The normalized spacial score (nSPS) is 10.8. The first-order chi connectivity index (χ1) is 13.5. The van der Waals surface area contributed by atoms with Crippen LogP contribution in [0, 0.1) is 11.6 Å². The Hall–Kier alpha value is -3.29. The molecule has 0 bridgehead atoms. The average molecular weight is 386 g/mol. The van der Waals surface area contributed by atoms with E-state index in [0.717, 1.165) is 31.4 Å². The molecule has 28 heavy (non-hydrogen) atoms. The minimum atomic E-state index is -0.897. The minimum absolute atomic E-state index is 0.0250. The van der Waals surface area contributed by atoms with Crippen LogP contribution in [-0.2, 0) is 0 Å². The van der Waals surface area contributed by atoms with Gasteiger partial charge < -0.3 is 10.6 Å². The van der Waals surface area contributed by atoms with Gasteiger partial charge in [-0.15, -0.1) is 0 Å². The molecule has 0 radical (unpaired) electrons. The van der Waals surface area contributed by atoms with Crippen LogP contribution in [0.5, 0.6) is 0 Å². The number of nitrogens with zero attached hydrogens (tertiary/aromatic N) is 2. The smallest absolute Gasteiger partial charge is 0.287 e. The van der Waals surface area contributed by atoms with Gasteiger partial charge in [0.15, 0.2) is 5.69 Å². The molecule has 2 amide bonds. The summed E-state index contributed by atoms with van der Waals surface area (Å²) in [6.07, 6.45) is 4.51. The number of anilines is 1. The first-order valence-corrected chi connectivity index (χ1v) is 9.03. The van der Waals surface area contributed by atoms with Crippen molar-refractivity contribution >= 4 is 23.0 Å². The van der Waals surface area contributed by atoms with Crippen molar-refractivity contribution in [1.29, 1.82) is 0 Å². The summed E-state index contributed by atoms with van der Waals surface area (Å²) in [5, 5.41) is 5.16. The van der Waals surface area contributed by atoms with Gasteiger partial charge in [0.25, 0.3) is 11.8 Å². The number of nitrogens with one attached hydrogen (secondary N) is 2. The lowest BCUT2D eigenvalue weighted by Crippen LogP contribution is -2.26. The molecule has 0 aliphatic heterocycles. The predicted molar refractivity (Wildman–Crippen MR) is 101 cm³/mol. The lowest BCUT2D eigenvalue weighted by Gasteiger charge is -2.05. The zero-order valence-corrected chi connectivity index (χ0v) is 15.3. The first kappa shape index (κ1) is 19.5. The summed E-state index contributed by atoms with van der Waals surface area (Å²) in [6, 6.07) is 7.90. The average Bonchev–Trinajstić information content (AvgIpc) is 3.07. The molecular weight excluding hydrogens is 366 g/mol. The number of hydrogen-bond acceptors (Lipinski definition) is 3. The van der Waals surface area contributed by atoms with Gasteiger partial charge in [-0.1, -0.05) is 25.8 Å². The van der Waals surface area contributed by atoms with Gasteiger partial charge in [-0.25, -0.2) is 13.8 Å². The van der Waals surface area contributed by atoms with Crippen LogP contribution in [0.2, 0.25) is 0 Å². The lowest BCUT2D eigenvalue weighted by atomic mass is 10.2. The maximum Gasteiger partial charge on any atom is 0.287 e. The molecule has 0 spiro atoms. The molecule has 146 valence electrons. The number of carbonyl (C=O) groups excluding carboxylic acids is 2.